The molecule has 0 heterocycles. The first kappa shape index (κ1) is 29.5. The van der Waals surface area contributed by atoms with Gasteiger partial charge in [0.25, 0.3) is 11.8 Å². The maximum atomic E-state index is 12.1. The van der Waals surface area contributed by atoms with Crippen LogP contribution in [0.3, 0.4) is 0 Å². The van der Waals surface area contributed by atoms with E-state index in [-0.39, 0.29) is 25.0 Å². The summed E-state index contributed by atoms with van der Waals surface area (Å²) in [6.45, 7) is -0.316. The van der Waals surface area contributed by atoms with E-state index in [1.165, 1.54) is 12.4 Å². The minimum atomic E-state index is -0.374. The third-order valence-electron chi connectivity index (χ3n) is 6.40. The van der Waals surface area contributed by atoms with Gasteiger partial charge in [-0.3, -0.25) is 9.59 Å². The molecule has 5 rings (SSSR count). The van der Waals surface area contributed by atoms with E-state index >= 15 is 0 Å². The van der Waals surface area contributed by atoms with Crippen molar-refractivity contribution in [3.8, 4) is 33.8 Å². The third kappa shape index (κ3) is 8.99. The van der Waals surface area contributed by atoms with Crippen molar-refractivity contribution in [2.24, 2.45) is 10.2 Å². The molecule has 0 aromatic heterocycles. The predicted octanol–water partition coefficient (Wildman–Crippen LogP) is 6.08. The molecule has 0 bridgehead atoms. The summed E-state index contributed by atoms with van der Waals surface area (Å²) in [6.07, 6.45) is 3.05. The van der Waals surface area contributed by atoms with Crippen molar-refractivity contribution in [1.82, 2.24) is 10.9 Å². The fourth-order valence-electron chi connectivity index (χ4n) is 4.14. The minimum absolute atomic E-state index is 0.158. The van der Waals surface area contributed by atoms with Crippen molar-refractivity contribution in [2.75, 3.05) is 13.2 Å². The quantitative estimate of drug-likeness (QED) is 0.138. The number of hydrogen-bond acceptors (Lipinski definition) is 6. The van der Waals surface area contributed by atoms with E-state index in [2.05, 4.69) is 21.1 Å². The highest BCUT2D eigenvalue weighted by Gasteiger charge is 2.04. The van der Waals surface area contributed by atoms with Crippen molar-refractivity contribution in [1.29, 1.82) is 0 Å². The Bertz CT molecular complexity index is 1570. The average Bonchev–Trinajstić information content (AvgIpc) is 3.08. The fourth-order valence-corrected chi connectivity index (χ4v) is 4.14. The number of hydrazone groups is 2. The van der Waals surface area contributed by atoms with Gasteiger partial charge in [-0.15, -0.1) is 0 Å². The van der Waals surface area contributed by atoms with Crippen LogP contribution in [0.25, 0.3) is 22.3 Å². The molecule has 0 aliphatic carbocycles. The van der Waals surface area contributed by atoms with Gasteiger partial charge in [0.15, 0.2) is 13.2 Å². The van der Waals surface area contributed by atoms with Crippen LogP contribution in [0.4, 0.5) is 0 Å². The molecule has 0 saturated heterocycles. The van der Waals surface area contributed by atoms with Crippen molar-refractivity contribution in [2.45, 2.75) is 0 Å². The molecule has 0 unspecified atom stereocenters. The number of rotatable bonds is 12. The van der Waals surface area contributed by atoms with E-state index in [1.54, 1.807) is 0 Å². The molecule has 0 atom stereocenters. The Morgan fingerprint density at radius 3 is 1.18 bits per heavy atom. The lowest BCUT2D eigenvalue weighted by atomic mass is 10.1. The van der Waals surface area contributed by atoms with Crippen LogP contribution in [0, 0.1) is 0 Å². The lowest BCUT2D eigenvalue weighted by Gasteiger charge is -2.07. The van der Waals surface area contributed by atoms with Gasteiger partial charge in [-0.05, 0) is 57.6 Å². The maximum absolute atomic E-state index is 12.1. The lowest BCUT2D eigenvalue weighted by Crippen LogP contribution is -2.24. The van der Waals surface area contributed by atoms with E-state index in [0.29, 0.717) is 11.5 Å². The van der Waals surface area contributed by atoms with E-state index < -0.39 is 0 Å². The zero-order valence-corrected chi connectivity index (χ0v) is 23.8. The van der Waals surface area contributed by atoms with Crippen LogP contribution in [0.5, 0.6) is 11.5 Å². The molecule has 0 spiro atoms. The van der Waals surface area contributed by atoms with Gasteiger partial charge in [0.1, 0.15) is 11.5 Å². The zero-order chi connectivity index (χ0) is 30.4. The van der Waals surface area contributed by atoms with Gasteiger partial charge in [0.2, 0.25) is 0 Å². The summed E-state index contributed by atoms with van der Waals surface area (Å²) < 4.78 is 11.1. The summed E-state index contributed by atoms with van der Waals surface area (Å²) in [5, 5.41) is 7.96. The largest absolute Gasteiger partial charge is 0.484 e. The second kappa shape index (κ2) is 15.3. The fraction of sp³-hybridized carbons (Fsp3) is 0.0556. The molecule has 8 nitrogen and oxygen atoms in total. The van der Waals surface area contributed by atoms with Gasteiger partial charge in [0.05, 0.1) is 12.4 Å². The second-order valence-corrected chi connectivity index (χ2v) is 9.61. The number of benzene rings is 5. The molecule has 8 heteroatoms. The van der Waals surface area contributed by atoms with Crippen LogP contribution >= 0.6 is 0 Å². The molecule has 0 saturated carbocycles. The summed E-state index contributed by atoms with van der Waals surface area (Å²) in [5.41, 5.74) is 10.8. The molecule has 5 aromatic carbocycles. The first-order chi connectivity index (χ1) is 21.6. The molecular formula is C36H30N4O4. The second-order valence-electron chi connectivity index (χ2n) is 9.61. The smallest absolute Gasteiger partial charge is 0.277 e. The molecule has 218 valence electrons. The van der Waals surface area contributed by atoms with E-state index in [0.717, 1.165) is 33.4 Å². The Kier molecular flexibility index (Phi) is 10.2. The monoisotopic (exact) mass is 582 g/mol. The summed E-state index contributed by atoms with van der Waals surface area (Å²) in [7, 11) is 0. The number of nitrogens with zero attached hydrogens (tertiary/aromatic N) is 2. The van der Waals surface area contributed by atoms with Crippen molar-refractivity contribution < 1.29 is 19.1 Å². The van der Waals surface area contributed by atoms with Crippen molar-refractivity contribution >= 4 is 24.2 Å². The number of carbonyl (C=O) groups is 2. The average molecular weight is 583 g/mol. The first-order valence-corrected chi connectivity index (χ1v) is 13.9. The normalized spacial score (nSPS) is 10.9. The van der Waals surface area contributed by atoms with Gasteiger partial charge in [-0.25, -0.2) is 10.9 Å². The molecule has 0 fully saturated rings. The van der Waals surface area contributed by atoms with Gasteiger partial charge in [-0.1, -0.05) is 109 Å². The van der Waals surface area contributed by atoms with Gasteiger partial charge < -0.3 is 9.47 Å². The topological polar surface area (TPSA) is 101 Å². The summed E-state index contributed by atoms with van der Waals surface area (Å²) in [5.74, 6) is 0.444. The minimum Gasteiger partial charge on any atom is -0.484 e. The molecule has 44 heavy (non-hydrogen) atoms. The van der Waals surface area contributed by atoms with E-state index in [1.807, 2.05) is 133 Å². The zero-order valence-electron chi connectivity index (χ0n) is 23.8. The summed E-state index contributed by atoms with van der Waals surface area (Å²) in [4.78, 5) is 24.2. The highest BCUT2D eigenvalue weighted by molar-refractivity contribution is 5.86. The van der Waals surface area contributed by atoms with Crippen LogP contribution in [0.15, 0.2) is 144 Å². The number of nitrogens with one attached hydrogen (secondary N) is 2. The highest BCUT2D eigenvalue weighted by atomic mass is 16.5. The lowest BCUT2D eigenvalue weighted by molar-refractivity contribution is -0.123. The maximum Gasteiger partial charge on any atom is 0.277 e. The Hall–Kier alpha value is -6.02. The predicted molar refractivity (Wildman–Crippen MR) is 173 cm³/mol. The molecule has 5 aromatic rings. The molecule has 2 amide bonds. The van der Waals surface area contributed by atoms with E-state index in [9.17, 15) is 9.59 Å². The number of ether oxygens (including phenoxy) is 2. The number of amides is 2. The van der Waals surface area contributed by atoms with Crippen molar-refractivity contribution in [3.05, 3.63) is 145 Å². The summed E-state index contributed by atoms with van der Waals surface area (Å²) in [6, 6.07) is 42.4. The van der Waals surface area contributed by atoms with Gasteiger partial charge >= 0.3 is 0 Å². The molecular weight excluding hydrogens is 552 g/mol. The van der Waals surface area contributed by atoms with Gasteiger partial charge in [0, 0.05) is 0 Å². The molecule has 0 aliphatic rings. The Labute approximate surface area is 255 Å². The first-order valence-electron chi connectivity index (χ1n) is 13.9. The highest BCUT2D eigenvalue weighted by Crippen LogP contribution is 2.23. The van der Waals surface area contributed by atoms with Crippen LogP contribution in [0.2, 0.25) is 0 Å². The van der Waals surface area contributed by atoms with Crippen molar-refractivity contribution in [3.63, 3.8) is 0 Å². The number of carbonyl (C=O) groups excluding carboxylic acids is 2. The van der Waals surface area contributed by atoms with Crippen LogP contribution in [-0.2, 0) is 9.59 Å². The van der Waals surface area contributed by atoms with Crippen LogP contribution in [0.1, 0.15) is 11.1 Å². The molecule has 0 aliphatic heterocycles. The summed E-state index contributed by atoms with van der Waals surface area (Å²) >= 11 is 0. The Morgan fingerprint density at radius 2 is 0.818 bits per heavy atom. The standard InChI is InChI=1S/C36H30N4O4/c41-35(25-43-33-19-15-31(16-20-33)29-7-3-1-4-8-29)39-37-23-27-11-13-28(14-12-27)24-38-40-36(42)26-44-34-21-17-32(18-22-34)30-9-5-2-6-10-30/h1-24H,25-26H2,(H,39,41)(H,40,42)/b37-23+,38-24+. The third-order valence-corrected chi connectivity index (χ3v) is 6.40. The van der Waals surface area contributed by atoms with E-state index in [4.69, 9.17) is 9.47 Å². The van der Waals surface area contributed by atoms with Gasteiger partial charge in [-0.2, -0.15) is 10.2 Å². The Morgan fingerprint density at radius 1 is 0.477 bits per heavy atom. The van der Waals surface area contributed by atoms with Crippen LogP contribution < -0.4 is 20.3 Å². The SMILES string of the molecule is O=C(COc1ccc(-c2ccccc2)cc1)N/N=C/c1ccc(/C=N/NC(=O)COc2ccc(-c3ccccc3)cc2)cc1. The van der Waals surface area contributed by atoms with Crippen LogP contribution in [-0.4, -0.2) is 37.5 Å². The number of hydrogen-bond donors (Lipinski definition) is 2. The Balaban J connectivity index is 0.990. The molecule has 2 N–H and O–H groups in total. The molecule has 0 radical (unpaired) electrons.